The van der Waals surface area contributed by atoms with Crippen LogP contribution < -0.4 is 5.32 Å². The molecule has 0 spiro atoms. The summed E-state index contributed by atoms with van der Waals surface area (Å²) in [6, 6.07) is 3.32. The minimum atomic E-state index is -2.55. The predicted octanol–water partition coefficient (Wildman–Crippen LogP) is 3.94. The molecule has 0 radical (unpaired) electrons. The maximum Gasteiger partial charge on any atom is 0.411 e. The monoisotopic (exact) mass is 284 g/mol. The number of aromatic nitrogens is 1. The average Bonchev–Trinajstić information content (AvgIpc) is 2.37. The molecule has 110 valence electrons. The molecule has 0 bridgehead atoms. The smallest absolute Gasteiger partial charge is 0.411 e. The third-order valence-corrected chi connectivity index (χ3v) is 3.27. The molecule has 0 aromatic carbocycles. The molecule has 0 aliphatic heterocycles. The van der Waals surface area contributed by atoms with Crippen LogP contribution in [0.3, 0.4) is 0 Å². The zero-order valence-electron chi connectivity index (χ0n) is 11.4. The molecule has 1 heterocycles. The van der Waals surface area contributed by atoms with Crippen LogP contribution in [0.4, 0.5) is 19.3 Å². The normalized spacial score (nSPS) is 17.4. The number of hydrogen-bond acceptors (Lipinski definition) is 3. The van der Waals surface area contributed by atoms with Crippen LogP contribution >= 0.6 is 0 Å². The van der Waals surface area contributed by atoms with Crippen LogP contribution in [0.15, 0.2) is 18.3 Å². The SMILES string of the molecule is CCCCOC(=O)Nc1ccc(C2CC(F)(F)C2)nc1. The van der Waals surface area contributed by atoms with Gasteiger partial charge in [0.15, 0.2) is 0 Å². The molecule has 0 unspecified atom stereocenters. The molecule has 1 N–H and O–H groups in total. The van der Waals surface area contributed by atoms with Gasteiger partial charge in [-0.3, -0.25) is 10.3 Å². The van der Waals surface area contributed by atoms with E-state index in [0.717, 1.165) is 12.8 Å². The number of carbonyl (C=O) groups is 1. The van der Waals surface area contributed by atoms with Crippen molar-refractivity contribution < 1.29 is 18.3 Å². The first kappa shape index (κ1) is 14.7. The maximum absolute atomic E-state index is 12.8. The molecule has 1 aliphatic rings. The summed E-state index contributed by atoms with van der Waals surface area (Å²) in [7, 11) is 0. The Morgan fingerprint density at radius 1 is 1.50 bits per heavy atom. The van der Waals surface area contributed by atoms with Gasteiger partial charge in [-0.25, -0.2) is 13.6 Å². The predicted molar refractivity (Wildman–Crippen MR) is 71.0 cm³/mol. The molecule has 1 amide bonds. The largest absolute Gasteiger partial charge is 0.449 e. The summed E-state index contributed by atoms with van der Waals surface area (Å²) in [6.45, 7) is 2.39. The highest BCUT2D eigenvalue weighted by Gasteiger charge is 2.46. The van der Waals surface area contributed by atoms with E-state index in [1.807, 2.05) is 6.92 Å². The van der Waals surface area contributed by atoms with Crippen molar-refractivity contribution in [2.24, 2.45) is 0 Å². The molecule has 1 aromatic heterocycles. The lowest BCUT2D eigenvalue weighted by atomic mass is 9.79. The third-order valence-electron chi connectivity index (χ3n) is 3.27. The van der Waals surface area contributed by atoms with E-state index in [0.29, 0.717) is 18.0 Å². The van der Waals surface area contributed by atoms with E-state index in [2.05, 4.69) is 10.3 Å². The number of amides is 1. The Hall–Kier alpha value is -1.72. The fraction of sp³-hybridized carbons (Fsp3) is 0.571. The number of halogens is 2. The van der Waals surface area contributed by atoms with Gasteiger partial charge in [0.2, 0.25) is 5.92 Å². The fourth-order valence-corrected chi connectivity index (χ4v) is 2.05. The van der Waals surface area contributed by atoms with Crippen LogP contribution in [0.1, 0.15) is 44.2 Å². The fourth-order valence-electron chi connectivity index (χ4n) is 2.05. The van der Waals surface area contributed by atoms with E-state index in [9.17, 15) is 13.6 Å². The Labute approximate surface area is 116 Å². The van der Waals surface area contributed by atoms with Crippen molar-refractivity contribution in [3.63, 3.8) is 0 Å². The first-order chi connectivity index (χ1) is 9.50. The summed E-state index contributed by atoms with van der Waals surface area (Å²) in [5.74, 6) is -2.73. The first-order valence-electron chi connectivity index (χ1n) is 6.78. The summed E-state index contributed by atoms with van der Waals surface area (Å²) in [5, 5.41) is 2.55. The van der Waals surface area contributed by atoms with Crippen LogP contribution in [0, 0.1) is 0 Å². The Balaban J connectivity index is 1.81. The molecule has 6 heteroatoms. The number of ether oxygens (including phenoxy) is 1. The summed E-state index contributed by atoms with van der Waals surface area (Å²) in [5.41, 5.74) is 1.14. The minimum Gasteiger partial charge on any atom is -0.449 e. The molecule has 4 nitrogen and oxygen atoms in total. The second-order valence-corrected chi connectivity index (χ2v) is 5.05. The van der Waals surface area contributed by atoms with E-state index in [1.54, 1.807) is 12.1 Å². The molecular weight excluding hydrogens is 266 g/mol. The second kappa shape index (κ2) is 6.15. The molecule has 1 aliphatic carbocycles. The Kier molecular flexibility index (Phi) is 4.52. The van der Waals surface area contributed by atoms with E-state index >= 15 is 0 Å². The van der Waals surface area contributed by atoms with E-state index < -0.39 is 12.0 Å². The summed E-state index contributed by atoms with van der Waals surface area (Å²) >= 11 is 0. The molecule has 1 saturated carbocycles. The lowest BCUT2D eigenvalue weighted by molar-refractivity contribution is -0.0875. The van der Waals surface area contributed by atoms with Crippen molar-refractivity contribution in [2.45, 2.75) is 44.4 Å². The Bertz CT molecular complexity index is 455. The number of alkyl halides is 2. The average molecular weight is 284 g/mol. The molecular formula is C14H18F2N2O2. The van der Waals surface area contributed by atoms with Crippen LogP contribution in [-0.4, -0.2) is 23.6 Å². The minimum absolute atomic E-state index is 0.147. The highest BCUT2D eigenvalue weighted by atomic mass is 19.3. The summed E-state index contributed by atoms with van der Waals surface area (Å²) < 4.78 is 30.5. The Morgan fingerprint density at radius 3 is 2.80 bits per heavy atom. The lowest BCUT2D eigenvalue weighted by Gasteiger charge is -2.34. The van der Waals surface area contributed by atoms with Crippen LogP contribution in [0.2, 0.25) is 0 Å². The van der Waals surface area contributed by atoms with Gasteiger partial charge < -0.3 is 4.74 Å². The van der Waals surface area contributed by atoms with Gasteiger partial charge in [0, 0.05) is 24.5 Å². The van der Waals surface area contributed by atoms with Crippen LogP contribution in [0.5, 0.6) is 0 Å². The quantitative estimate of drug-likeness (QED) is 0.833. The van der Waals surface area contributed by atoms with Gasteiger partial charge >= 0.3 is 6.09 Å². The molecule has 0 atom stereocenters. The Morgan fingerprint density at radius 2 is 2.25 bits per heavy atom. The van der Waals surface area contributed by atoms with Crippen molar-refractivity contribution in [3.05, 3.63) is 24.0 Å². The number of anilines is 1. The standard InChI is InChI=1S/C14H18F2N2O2/c1-2-3-6-20-13(19)18-11-4-5-12(17-9-11)10-7-14(15,16)8-10/h4-5,9-10H,2-3,6-8H2,1H3,(H,18,19). The number of rotatable bonds is 5. The zero-order valence-corrected chi connectivity index (χ0v) is 11.4. The van der Waals surface area contributed by atoms with Gasteiger partial charge in [0.05, 0.1) is 18.5 Å². The molecule has 0 saturated heterocycles. The molecule has 2 rings (SSSR count). The number of pyridine rings is 1. The van der Waals surface area contributed by atoms with Gasteiger partial charge in [-0.1, -0.05) is 13.3 Å². The van der Waals surface area contributed by atoms with E-state index in [-0.39, 0.29) is 18.8 Å². The van der Waals surface area contributed by atoms with Gasteiger partial charge in [0.25, 0.3) is 0 Å². The van der Waals surface area contributed by atoms with E-state index in [1.165, 1.54) is 6.20 Å². The van der Waals surface area contributed by atoms with Crippen molar-refractivity contribution in [3.8, 4) is 0 Å². The van der Waals surface area contributed by atoms with Crippen molar-refractivity contribution in [2.75, 3.05) is 11.9 Å². The highest BCUT2D eigenvalue weighted by molar-refractivity contribution is 5.84. The van der Waals surface area contributed by atoms with Crippen molar-refractivity contribution >= 4 is 11.8 Å². The first-order valence-corrected chi connectivity index (χ1v) is 6.78. The molecule has 1 aromatic rings. The number of nitrogens with zero attached hydrogens (tertiary/aromatic N) is 1. The zero-order chi connectivity index (χ0) is 14.6. The number of hydrogen-bond donors (Lipinski definition) is 1. The maximum atomic E-state index is 12.8. The van der Waals surface area contributed by atoms with Crippen molar-refractivity contribution in [1.29, 1.82) is 0 Å². The van der Waals surface area contributed by atoms with Gasteiger partial charge in [-0.05, 0) is 18.6 Å². The molecule has 20 heavy (non-hydrogen) atoms. The van der Waals surface area contributed by atoms with Gasteiger partial charge in [0.1, 0.15) is 0 Å². The van der Waals surface area contributed by atoms with Crippen LogP contribution in [0.25, 0.3) is 0 Å². The topological polar surface area (TPSA) is 51.2 Å². The lowest BCUT2D eigenvalue weighted by Crippen LogP contribution is -2.34. The van der Waals surface area contributed by atoms with Crippen molar-refractivity contribution in [1.82, 2.24) is 4.98 Å². The van der Waals surface area contributed by atoms with Crippen LogP contribution in [-0.2, 0) is 4.74 Å². The van der Waals surface area contributed by atoms with E-state index in [4.69, 9.17) is 4.74 Å². The second-order valence-electron chi connectivity index (χ2n) is 5.05. The van der Waals surface area contributed by atoms with Gasteiger partial charge in [-0.2, -0.15) is 0 Å². The van der Waals surface area contributed by atoms with Gasteiger partial charge in [-0.15, -0.1) is 0 Å². The number of carbonyl (C=O) groups excluding carboxylic acids is 1. The summed E-state index contributed by atoms with van der Waals surface area (Å²) in [6.07, 6.45) is 2.42. The number of nitrogens with one attached hydrogen (secondary N) is 1. The summed E-state index contributed by atoms with van der Waals surface area (Å²) in [4.78, 5) is 15.5. The number of unbranched alkanes of at least 4 members (excludes halogenated alkanes) is 1. The molecule has 1 fully saturated rings. The third kappa shape index (κ3) is 3.88. The highest BCUT2D eigenvalue weighted by Crippen LogP contribution is 2.47.